The summed E-state index contributed by atoms with van der Waals surface area (Å²) in [6.07, 6.45) is 1.68. The van der Waals surface area contributed by atoms with Gasteiger partial charge in [-0.15, -0.1) is 0 Å². The zero-order chi connectivity index (χ0) is 15.1. The van der Waals surface area contributed by atoms with Crippen molar-refractivity contribution in [2.45, 2.75) is 38.4 Å². The Morgan fingerprint density at radius 3 is 3.00 bits per heavy atom. The van der Waals surface area contributed by atoms with Crippen LogP contribution < -0.4 is 4.90 Å². The van der Waals surface area contributed by atoms with Crippen LogP contribution in [0.5, 0.6) is 0 Å². The Bertz CT molecular complexity index is 685. The number of hydrogen-bond acceptors (Lipinski definition) is 4. The molecule has 4 rings (SSSR count). The third kappa shape index (κ3) is 2.34. The third-order valence-electron chi connectivity index (χ3n) is 4.70. The predicted octanol–water partition coefficient (Wildman–Crippen LogP) is 2.83. The van der Waals surface area contributed by atoms with Crippen LogP contribution >= 0.6 is 11.3 Å². The summed E-state index contributed by atoms with van der Waals surface area (Å²) in [5, 5.41) is 4.12. The molecule has 0 bridgehead atoms. The Morgan fingerprint density at radius 2 is 2.23 bits per heavy atom. The maximum absolute atomic E-state index is 12.4. The van der Waals surface area contributed by atoms with Crippen molar-refractivity contribution < 1.29 is 4.79 Å². The van der Waals surface area contributed by atoms with Gasteiger partial charge in [0, 0.05) is 36.6 Å². The number of aryl methyl sites for hydroxylation is 1. The van der Waals surface area contributed by atoms with E-state index in [1.165, 1.54) is 0 Å². The maximum atomic E-state index is 12.4. The normalized spacial score (nSPS) is 25.0. The van der Waals surface area contributed by atoms with E-state index in [1.54, 1.807) is 11.3 Å². The lowest BCUT2D eigenvalue weighted by atomic mass is 10.1. The Morgan fingerprint density at radius 1 is 1.32 bits per heavy atom. The third-order valence-corrected chi connectivity index (χ3v) is 5.38. The predicted molar refractivity (Wildman–Crippen MR) is 88.0 cm³/mol. The molecule has 0 radical (unpaired) electrons. The lowest BCUT2D eigenvalue weighted by molar-refractivity contribution is -0.117. The molecule has 2 aliphatic rings. The quantitative estimate of drug-likeness (QED) is 0.874. The highest BCUT2D eigenvalue weighted by atomic mass is 32.1. The molecule has 4 nitrogen and oxygen atoms in total. The second kappa shape index (κ2) is 5.48. The Hall–Kier alpha value is -1.72. The number of amides is 1. The number of carbonyl (C=O) groups excluding carboxylic acids is 1. The zero-order valence-electron chi connectivity index (χ0n) is 12.6. The van der Waals surface area contributed by atoms with Crippen LogP contribution in [0.25, 0.3) is 0 Å². The zero-order valence-corrected chi connectivity index (χ0v) is 13.4. The topological polar surface area (TPSA) is 36.4 Å². The fourth-order valence-electron chi connectivity index (χ4n) is 3.75. The van der Waals surface area contributed by atoms with E-state index in [0.29, 0.717) is 18.5 Å². The first-order valence-electron chi connectivity index (χ1n) is 7.73. The smallest absolute Gasteiger partial charge is 0.228 e. The molecule has 2 aliphatic heterocycles. The molecule has 2 aromatic rings. The van der Waals surface area contributed by atoms with Gasteiger partial charge in [-0.25, -0.2) is 0 Å². The van der Waals surface area contributed by atoms with Crippen molar-refractivity contribution in [2.75, 3.05) is 11.4 Å². The summed E-state index contributed by atoms with van der Waals surface area (Å²) in [5.41, 5.74) is 3.22. The van der Waals surface area contributed by atoms with E-state index in [1.807, 2.05) is 23.3 Å². The SMILES string of the molecule is Cc1cccc(CN2CC[C@@H]3[C@H]2CC(=O)N3c2ccsc2)n1. The number of carbonyl (C=O) groups is 1. The first-order valence-corrected chi connectivity index (χ1v) is 8.67. The first kappa shape index (κ1) is 13.9. The summed E-state index contributed by atoms with van der Waals surface area (Å²) in [4.78, 5) is 21.5. The molecule has 2 saturated heterocycles. The van der Waals surface area contributed by atoms with E-state index in [2.05, 4.69) is 33.5 Å². The van der Waals surface area contributed by atoms with Crippen molar-refractivity contribution in [1.29, 1.82) is 0 Å². The number of rotatable bonds is 3. The molecule has 114 valence electrons. The summed E-state index contributed by atoms with van der Waals surface area (Å²) in [5.74, 6) is 0.260. The number of nitrogens with zero attached hydrogens (tertiary/aromatic N) is 3. The average Bonchev–Trinajstić information content (AvgIpc) is 3.18. The number of pyridine rings is 1. The van der Waals surface area contributed by atoms with Gasteiger partial charge in [0.15, 0.2) is 0 Å². The van der Waals surface area contributed by atoms with Crippen LogP contribution in [0, 0.1) is 6.92 Å². The van der Waals surface area contributed by atoms with Gasteiger partial charge < -0.3 is 4.90 Å². The van der Waals surface area contributed by atoms with Crippen LogP contribution in [0.4, 0.5) is 5.69 Å². The molecule has 2 fully saturated rings. The molecule has 5 heteroatoms. The minimum absolute atomic E-state index is 0.260. The van der Waals surface area contributed by atoms with Crippen molar-refractivity contribution in [2.24, 2.45) is 0 Å². The van der Waals surface area contributed by atoms with Gasteiger partial charge in [-0.3, -0.25) is 14.7 Å². The largest absolute Gasteiger partial charge is 0.307 e. The molecule has 22 heavy (non-hydrogen) atoms. The van der Waals surface area contributed by atoms with E-state index in [4.69, 9.17) is 0 Å². The Balaban J connectivity index is 1.53. The van der Waals surface area contributed by atoms with Gasteiger partial charge >= 0.3 is 0 Å². The molecule has 2 aromatic heterocycles. The van der Waals surface area contributed by atoms with Gasteiger partial charge in [-0.1, -0.05) is 6.07 Å². The van der Waals surface area contributed by atoms with Gasteiger partial charge in [0.2, 0.25) is 5.91 Å². The van der Waals surface area contributed by atoms with E-state index in [9.17, 15) is 4.79 Å². The fourth-order valence-corrected chi connectivity index (χ4v) is 4.38. The standard InChI is InChI=1S/C17H19N3OS/c1-12-3-2-4-13(18-12)10-19-7-5-15-16(19)9-17(21)20(15)14-6-8-22-11-14/h2-4,6,8,11,15-16H,5,7,9-10H2,1H3/t15-,16-/m1/s1. The van der Waals surface area contributed by atoms with Gasteiger partial charge in [0.05, 0.1) is 17.4 Å². The Kier molecular flexibility index (Phi) is 3.47. The Labute approximate surface area is 134 Å². The molecular weight excluding hydrogens is 294 g/mol. The maximum Gasteiger partial charge on any atom is 0.228 e. The molecular formula is C17H19N3OS. The molecule has 1 amide bonds. The summed E-state index contributed by atoms with van der Waals surface area (Å²) in [7, 11) is 0. The monoisotopic (exact) mass is 313 g/mol. The fraction of sp³-hybridized carbons (Fsp3) is 0.412. The lowest BCUT2D eigenvalue weighted by Crippen LogP contribution is -2.37. The average molecular weight is 313 g/mol. The van der Waals surface area contributed by atoms with Crippen molar-refractivity contribution in [3.8, 4) is 0 Å². The number of thiophene rings is 1. The van der Waals surface area contributed by atoms with Gasteiger partial charge in [-0.05, 0) is 36.9 Å². The first-order chi connectivity index (χ1) is 10.7. The number of fused-ring (bicyclic) bond motifs is 1. The molecule has 0 aromatic carbocycles. The lowest BCUT2D eigenvalue weighted by Gasteiger charge is -2.24. The minimum Gasteiger partial charge on any atom is -0.307 e. The van der Waals surface area contributed by atoms with Crippen LogP contribution in [0.3, 0.4) is 0 Å². The van der Waals surface area contributed by atoms with Crippen LogP contribution in [0.15, 0.2) is 35.0 Å². The molecule has 0 saturated carbocycles. The molecule has 4 heterocycles. The van der Waals surface area contributed by atoms with Gasteiger partial charge in [-0.2, -0.15) is 11.3 Å². The second-order valence-electron chi connectivity index (χ2n) is 6.11. The van der Waals surface area contributed by atoms with Crippen LogP contribution in [0.1, 0.15) is 24.2 Å². The number of likely N-dealkylation sites (tertiary alicyclic amines) is 1. The van der Waals surface area contributed by atoms with Crippen molar-refractivity contribution in [3.05, 3.63) is 46.4 Å². The van der Waals surface area contributed by atoms with Crippen LogP contribution in [-0.4, -0.2) is 34.4 Å². The molecule has 0 spiro atoms. The van der Waals surface area contributed by atoms with Crippen LogP contribution in [0.2, 0.25) is 0 Å². The number of aromatic nitrogens is 1. The highest BCUT2D eigenvalue weighted by Gasteiger charge is 2.47. The molecule has 0 unspecified atom stereocenters. The van der Waals surface area contributed by atoms with Gasteiger partial charge in [0.1, 0.15) is 0 Å². The van der Waals surface area contributed by atoms with Crippen molar-refractivity contribution in [1.82, 2.24) is 9.88 Å². The van der Waals surface area contributed by atoms with Crippen molar-refractivity contribution in [3.63, 3.8) is 0 Å². The van der Waals surface area contributed by atoms with Crippen molar-refractivity contribution >= 4 is 22.9 Å². The van der Waals surface area contributed by atoms with Gasteiger partial charge in [0.25, 0.3) is 0 Å². The molecule has 2 atom stereocenters. The van der Waals surface area contributed by atoms with E-state index in [-0.39, 0.29) is 5.91 Å². The summed E-state index contributed by atoms with van der Waals surface area (Å²) in [6.45, 7) is 3.90. The van der Waals surface area contributed by atoms with E-state index in [0.717, 1.165) is 36.6 Å². The van der Waals surface area contributed by atoms with E-state index < -0.39 is 0 Å². The summed E-state index contributed by atoms with van der Waals surface area (Å²) < 4.78 is 0. The number of anilines is 1. The molecule has 0 aliphatic carbocycles. The highest BCUT2D eigenvalue weighted by molar-refractivity contribution is 7.08. The molecule has 0 N–H and O–H groups in total. The second-order valence-corrected chi connectivity index (χ2v) is 6.89. The summed E-state index contributed by atoms with van der Waals surface area (Å²) >= 11 is 1.65. The summed E-state index contributed by atoms with van der Waals surface area (Å²) in [6, 6.07) is 8.86. The number of hydrogen-bond donors (Lipinski definition) is 0. The highest BCUT2D eigenvalue weighted by Crippen LogP contribution is 2.37. The minimum atomic E-state index is 0.260. The van der Waals surface area contributed by atoms with E-state index >= 15 is 0 Å². The van der Waals surface area contributed by atoms with Crippen LogP contribution in [-0.2, 0) is 11.3 Å².